The summed E-state index contributed by atoms with van der Waals surface area (Å²) >= 11 is 0. The third-order valence-corrected chi connectivity index (χ3v) is 7.23. The first-order chi connectivity index (χ1) is 19.6. The van der Waals surface area contributed by atoms with E-state index in [-0.39, 0.29) is 6.61 Å². The molecule has 1 saturated heterocycles. The van der Waals surface area contributed by atoms with Gasteiger partial charge >= 0.3 is 0 Å². The predicted octanol–water partition coefficient (Wildman–Crippen LogP) is 4.29. The van der Waals surface area contributed by atoms with Crippen LogP contribution in [0.15, 0.2) is 72.8 Å². The second kappa shape index (κ2) is 13.5. The van der Waals surface area contributed by atoms with Crippen LogP contribution in [0.5, 0.6) is 11.5 Å². The maximum Gasteiger partial charge on any atom is 0.163 e. The number of methoxy groups -OCH3 is 1. The molecule has 0 saturated carbocycles. The zero-order valence-electron chi connectivity index (χ0n) is 22.9. The Balaban J connectivity index is 1.05. The molecule has 5 rings (SSSR count). The maximum atomic E-state index is 10.6. The summed E-state index contributed by atoms with van der Waals surface area (Å²) in [5.41, 5.74) is 4.87. The summed E-state index contributed by atoms with van der Waals surface area (Å²) < 4.78 is 16.6. The van der Waals surface area contributed by atoms with Crippen molar-refractivity contribution in [2.45, 2.75) is 12.6 Å². The lowest BCUT2D eigenvalue weighted by Gasteiger charge is -2.35. The number of nitriles is 1. The highest BCUT2D eigenvalue weighted by Crippen LogP contribution is 2.29. The number of nitrogens with one attached hydrogen (secondary N) is 1. The molecule has 0 bridgehead atoms. The van der Waals surface area contributed by atoms with Crippen LogP contribution in [0.25, 0.3) is 22.0 Å². The van der Waals surface area contributed by atoms with Crippen molar-refractivity contribution in [3.05, 3.63) is 84.1 Å². The maximum absolute atomic E-state index is 10.6. The Kier molecular flexibility index (Phi) is 9.32. The summed E-state index contributed by atoms with van der Waals surface area (Å²) in [6.07, 6.45) is -0.634. The number of aliphatic hydroxyl groups excluding tert-OH is 1. The van der Waals surface area contributed by atoms with Crippen molar-refractivity contribution in [1.29, 1.82) is 5.26 Å². The second-order valence-corrected chi connectivity index (χ2v) is 10.1. The van der Waals surface area contributed by atoms with Gasteiger partial charge in [-0.05, 0) is 41.0 Å². The Bertz CT molecular complexity index is 1400. The molecular formula is C32H36N4O4. The van der Waals surface area contributed by atoms with Crippen molar-refractivity contribution in [3.8, 4) is 28.7 Å². The molecule has 2 heterocycles. The fourth-order valence-corrected chi connectivity index (χ4v) is 5.05. The van der Waals surface area contributed by atoms with Gasteiger partial charge in [-0.25, -0.2) is 0 Å². The Morgan fingerprint density at radius 3 is 2.25 bits per heavy atom. The number of aromatic nitrogens is 1. The monoisotopic (exact) mass is 540 g/mol. The smallest absolute Gasteiger partial charge is 0.163 e. The van der Waals surface area contributed by atoms with E-state index in [1.165, 1.54) is 11.1 Å². The van der Waals surface area contributed by atoms with E-state index in [0.29, 0.717) is 31.2 Å². The molecule has 0 amide bonds. The first kappa shape index (κ1) is 27.7. The molecule has 208 valence electrons. The molecule has 3 aromatic carbocycles. The molecule has 1 unspecified atom stereocenters. The van der Waals surface area contributed by atoms with E-state index in [1.54, 1.807) is 7.11 Å². The first-order valence-corrected chi connectivity index (χ1v) is 13.7. The molecule has 1 fully saturated rings. The summed E-state index contributed by atoms with van der Waals surface area (Å²) in [6, 6.07) is 26.7. The van der Waals surface area contributed by atoms with Crippen LogP contribution in [0.3, 0.4) is 0 Å². The van der Waals surface area contributed by atoms with Gasteiger partial charge < -0.3 is 24.3 Å². The largest absolute Gasteiger partial charge is 0.491 e. The van der Waals surface area contributed by atoms with Crippen LogP contribution in [0, 0.1) is 11.3 Å². The minimum Gasteiger partial charge on any atom is -0.491 e. The number of aliphatic hydroxyl groups is 1. The molecule has 8 nitrogen and oxygen atoms in total. The minimum atomic E-state index is -0.634. The molecular weight excluding hydrogens is 504 g/mol. The lowest BCUT2D eigenvalue weighted by atomic mass is 10.0. The van der Waals surface area contributed by atoms with Gasteiger partial charge in [-0.2, -0.15) is 5.26 Å². The normalized spacial score (nSPS) is 15.1. The molecule has 1 atom stereocenters. The lowest BCUT2D eigenvalue weighted by molar-refractivity contribution is 0.0449. The lowest BCUT2D eigenvalue weighted by Crippen LogP contribution is -2.48. The number of ether oxygens (including phenoxy) is 3. The van der Waals surface area contributed by atoms with Gasteiger partial charge in [-0.1, -0.05) is 48.5 Å². The highest BCUT2D eigenvalue weighted by molar-refractivity contribution is 5.88. The van der Waals surface area contributed by atoms with E-state index >= 15 is 0 Å². The Hall–Kier alpha value is -3.87. The number of benzene rings is 3. The molecule has 1 aliphatic heterocycles. The SMILES string of the molecule is COCCOc1ccc(-c2ccc(CN3CCN(CC(O)COc4c(C#N)[nH]c5ccccc45)CC3)cc2)cc1. The van der Waals surface area contributed by atoms with Gasteiger partial charge in [-0.3, -0.25) is 9.80 Å². The van der Waals surface area contributed by atoms with E-state index in [0.717, 1.165) is 54.9 Å². The molecule has 8 heteroatoms. The highest BCUT2D eigenvalue weighted by Gasteiger charge is 2.21. The molecule has 2 N–H and O–H groups in total. The number of H-pyrrole nitrogens is 1. The number of aromatic amines is 1. The van der Waals surface area contributed by atoms with Crippen LogP contribution >= 0.6 is 0 Å². The number of fused-ring (bicyclic) bond motifs is 1. The second-order valence-electron chi connectivity index (χ2n) is 10.1. The molecule has 1 aromatic heterocycles. The highest BCUT2D eigenvalue weighted by atomic mass is 16.5. The van der Waals surface area contributed by atoms with Gasteiger partial charge in [0.25, 0.3) is 0 Å². The van der Waals surface area contributed by atoms with Gasteiger partial charge in [0.2, 0.25) is 0 Å². The predicted molar refractivity (Wildman–Crippen MR) is 155 cm³/mol. The van der Waals surface area contributed by atoms with Crippen molar-refractivity contribution in [2.75, 3.05) is 59.7 Å². The molecule has 4 aromatic rings. The first-order valence-electron chi connectivity index (χ1n) is 13.7. The Labute approximate surface area is 235 Å². The van der Waals surface area contributed by atoms with Gasteiger partial charge in [0.1, 0.15) is 31.1 Å². The van der Waals surface area contributed by atoms with Crippen LogP contribution in [0.2, 0.25) is 0 Å². The number of para-hydroxylation sites is 1. The number of hydrogen-bond acceptors (Lipinski definition) is 7. The van der Waals surface area contributed by atoms with Crippen molar-refractivity contribution in [1.82, 2.24) is 14.8 Å². The summed E-state index contributed by atoms with van der Waals surface area (Å²) in [6.45, 7) is 6.40. The van der Waals surface area contributed by atoms with E-state index < -0.39 is 6.10 Å². The van der Waals surface area contributed by atoms with Crippen LogP contribution in [0.1, 0.15) is 11.3 Å². The molecule has 0 aliphatic carbocycles. The third kappa shape index (κ3) is 7.00. The number of rotatable bonds is 12. The van der Waals surface area contributed by atoms with Gasteiger partial charge in [0, 0.05) is 51.8 Å². The van der Waals surface area contributed by atoms with Crippen molar-refractivity contribution >= 4 is 10.9 Å². The molecule has 0 radical (unpaired) electrons. The minimum absolute atomic E-state index is 0.145. The standard InChI is InChI=1S/C32H36N4O4/c1-38-18-19-39-28-12-10-26(11-13-28)25-8-6-24(7-9-25)21-35-14-16-36(17-15-35)22-27(37)23-40-32-29-4-2-3-5-30(29)34-31(32)20-33/h2-13,27,34,37H,14-19,21-23H2,1H3. The van der Waals surface area contributed by atoms with Gasteiger partial charge in [0.05, 0.1) is 12.1 Å². The van der Waals surface area contributed by atoms with E-state index in [4.69, 9.17) is 14.2 Å². The third-order valence-electron chi connectivity index (χ3n) is 7.23. The topological polar surface area (TPSA) is 94.0 Å². The van der Waals surface area contributed by atoms with Gasteiger partial charge in [0.15, 0.2) is 11.4 Å². The summed E-state index contributed by atoms with van der Waals surface area (Å²) in [7, 11) is 1.67. The van der Waals surface area contributed by atoms with Crippen LogP contribution in [-0.4, -0.2) is 85.6 Å². The average molecular weight is 541 g/mol. The van der Waals surface area contributed by atoms with E-state index in [1.807, 2.05) is 36.4 Å². The van der Waals surface area contributed by atoms with Crippen LogP contribution in [0.4, 0.5) is 0 Å². The molecule has 40 heavy (non-hydrogen) atoms. The van der Waals surface area contributed by atoms with Crippen molar-refractivity contribution in [3.63, 3.8) is 0 Å². The number of hydrogen-bond donors (Lipinski definition) is 2. The van der Waals surface area contributed by atoms with Gasteiger partial charge in [-0.15, -0.1) is 0 Å². The zero-order chi connectivity index (χ0) is 27.7. The number of piperazine rings is 1. The van der Waals surface area contributed by atoms with Crippen LogP contribution < -0.4 is 9.47 Å². The number of β-amino-alcohol motifs (C(OH)–C–C–N with tert-alkyl or cyclic N) is 1. The average Bonchev–Trinajstić information content (AvgIpc) is 3.36. The summed E-state index contributed by atoms with van der Waals surface area (Å²) in [5.74, 6) is 1.36. The molecule has 0 spiro atoms. The fraction of sp³-hybridized carbons (Fsp3) is 0.344. The van der Waals surface area contributed by atoms with Crippen molar-refractivity contribution < 1.29 is 19.3 Å². The Morgan fingerprint density at radius 2 is 1.55 bits per heavy atom. The van der Waals surface area contributed by atoms with Crippen LogP contribution in [-0.2, 0) is 11.3 Å². The van der Waals surface area contributed by atoms with Crippen molar-refractivity contribution in [2.24, 2.45) is 0 Å². The summed E-state index contributed by atoms with van der Waals surface area (Å²) in [5, 5.41) is 20.9. The number of nitrogens with zero attached hydrogens (tertiary/aromatic N) is 3. The molecule has 1 aliphatic rings. The quantitative estimate of drug-likeness (QED) is 0.259. The van der Waals surface area contributed by atoms with E-state index in [9.17, 15) is 10.4 Å². The zero-order valence-corrected chi connectivity index (χ0v) is 22.9. The van der Waals surface area contributed by atoms with E-state index in [2.05, 4.69) is 57.3 Å². The fourth-order valence-electron chi connectivity index (χ4n) is 5.05. The summed E-state index contributed by atoms with van der Waals surface area (Å²) in [4.78, 5) is 7.80. The Morgan fingerprint density at radius 1 is 0.875 bits per heavy atom.